The molecule has 6 heteroatoms. The minimum absolute atomic E-state index is 0.0510. The van der Waals surface area contributed by atoms with Gasteiger partial charge in [-0.1, -0.05) is 6.07 Å². The third kappa shape index (κ3) is 2.60. The highest BCUT2D eigenvalue weighted by atomic mass is 16.6. The predicted molar refractivity (Wildman–Crippen MR) is 61.7 cm³/mol. The zero-order valence-corrected chi connectivity index (χ0v) is 9.21. The summed E-state index contributed by atoms with van der Waals surface area (Å²) in [4.78, 5) is 14.2. The minimum atomic E-state index is -0.415. The van der Waals surface area contributed by atoms with Crippen molar-refractivity contribution in [3.05, 3.63) is 52.2 Å². The highest BCUT2D eigenvalue weighted by Gasteiger charge is 2.13. The predicted octanol–water partition coefficient (Wildman–Crippen LogP) is 2.50. The van der Waals surface area contributed by atoms with Gasteiger partial charge in [-0.3, -0.25) is 10.1 Å². The van der Waals surface area contributed by atoms with Crippen LogP contribution >= 0.6 is 0 Å². The van der Waals surface area contributed by atoms with Crippen molar-refractivity contribution in [1.82, 2.24) is 4.98 Å². The molecule has 0 aliphatic rings. The lowest BCUT2D eigenvalue weighted by molar-refractivity contribution is -0.384. The summed E-state index contributed by atoms with van der Waals surface area (Å²) >= 11 is 0. The van der Waals surface area contributed by atoms with Gasteiger partial charge in [0.15, 0.2) is 6.39 Å². The average molecular weight is 233 g/mol. The first-order valence-corrected chi connectivity index (χ1v) is 5.03. The third-order valence-corrected chi connectivity index (χ3v) is 2.29. The molecule has 0 bridgehead atoms. The van der Waals surface area contributed by atoms with Gasteiger partial charge >= 0.3 is 0 Å². The fourth-order valence-electron chi connectivity index (χ4n) is 1.46. The maximum absolute atomic E-state index is 10.8. The van der Waals surface area contributed by atoms with Crippen LogP contribution < -0.4 is 5.32 Å². The summed E-state index contributed by atoms with van der Waals surface area (Å²) in [6.45, 7) is 2.24. The first kappa shape index (κ1) is 11.1. The van der Waals surface area contributed by atoms with Crippen molar-refractivity contribution < 1.29 is 9.34 Å². The van der Waals surface area contributed by atoms with Crippen molar-refractivity contribution in [2.24, 2.45) is 0 Å². The van der Waals surface area contributed by atoms with Gasteiger partial charge in [0.25, 0.3) is 5.69 Å². The highest BCUT2D eigenvalue weighted by Crippen LogP contribution is 2.25. The van der Waals surface area contributed by atoms with Crippen LogP contribution in [0.5, 0.6) is 0 Å². The molecule has 0 unspecified atom stereocenters. The van der Waals surface area contributed by atoms with E-state index in [2.05, 4.69) is 10.3 Å². The monoisotopic (exact) mass is 233 g/mol. The molecule has 2 aromatic rings. The summed E-state index contributed by atoms with van der Waals surface area (Å²) in [7, 11) is 0. The maximum Gasteiger partial charge on any atom is 0.292 e. The van der Waals surface area contributed by atoms with E-state index in [-0.39, 0.29) is 5.69 Å². The topological polar surface area (TPSA) is 81.2 Å². The van der Waals surface area contributed by atoms with Gasteiger partial charge in [0.2, 0.25) is 0 Å². The summed E-state index contributed by atoms with van der Waals surface area (Å²) in [6, 6.07) is 4.92. The average Bonchev–Trinajstić information content (AvgIpc) is 2.78. The highest BCUT2D eigenvalue weighted by molar-refractivity contribution is 5.62. The molecule has 0 radical (unpaired) electrons. The lowest BCUT2D eigenvalue weighted by Gasteiger charge is -2.06. The van der Waals surface area contributed by atoms with Gasteiger partial charge in [0.05, 0.1) is 17.7 Å². The van der Waals surface area contributed by atoms with Crippen LogP contribution in [0.25, 0.3) is 0 Å². The fourth-order valence-corrected chi connectivity index (χ4v) is 1.46. The number of aromatic nitrogens is 1. The first-order chi connectivity index (χ1) is 8.16. The Labute approximate surface area is 97.4 Å². The number of nitro benzene ring substituents is 1. The molecule has 0 saturated carbocycles. The number of nitrogens with zero attached hydrogens (tertiary/aromatic N) is 2. The molecule has 17 heavy (non-hydrogen) atoms. The molecule has 1 heterocycles. The Morgan fingerprint density at radius 2 is 2.35 bits per heavy atom. The van der Waals surface area contributed by atoms with Gasteiger partial charge < -0.3 is 9.73 Å². The number of rotatable bonds is 4. The van der Waals surface area contributed by atoms with Gasteiger partial charge in [-0.2, -0.15) is 0 Å². The standard InChI is InChI=1S/C11H11N3O3/c1-8-2-3-11(14(15)16)10(4-8)13-6-9-5-12-7-17-9/h2-5,7,13H,6H2,1H3. The molecule has 0 amide bonds. The van der Waals surface area contributed by atoms with E-state index in [0.29, 0.717) is 18.0 Å². The van der Waals surface area contributed by atoms with E-state index in [9.17, 15) is 10.1 Å². The van der Waals surface area contributed by atoms with E-state index in [0.717, 1.165) is 5.56 Å². The summed E-state index contributed by atoms with van der Waals surface area (Å²) in [5.41, 5.74) is 1.48. The molecule has 1 aromatic heterocycles. The molecule has 2 rings (SSSR count). The molecular formula is C11H11N3O3. The van der Waals surface area contributed by atoms with Crippen LogP contribution in [0.4, 0.5) is 11.4 Å². The molecular weight excluding hydrogens is 222 g/mol. The van der Waals surface area contributed by atoms with Gasteiger partial charge in [-0.15, -0.1) is 0 Å². The summed E-state index contributed by atoms with van der Waals surface area (Å²) in [5.74, 6) is 0.626. The van der Waals surface area contributed by atoms with Gasteiger partial charge in [-0.25, -0.2) is 4.98 Å². The zero-order valence-electron chi connectivity index (χ0n) is 9.21. The quantitative estimate of drug-likeness (QED) is 0.648. The van der Waals surface area contributed by atoms with E-state index in [1.54, 1.807) is 18.3 Å². The van der Waals surface area contributed by atoms with Crippen molar-refractivity contribution in [3.63, 3.8) is 0 Å². The molecule has 1 N–H and O–H groups in total. The molecule has 1 aromatic carbocycles. The molecule has 6 nitrogen and oxygen atoms in total. The number of hydrogen-bond acceptors (Lipinski definition) is 5. The van der Waals surface area contributed by atoms with Gasteiger partial charge in [0.1, 0.15) is 11.4 Å². The van der Waals surface area contributed by atoms with Crippen molar-refractivity contribution in [1.29, 1.82) is 0 Å². The number of anilines is 1. The number of nitro groups is 1. The molecule has 0 atom stereocenters. The minimum Gasteiger partial charge on any atom is -0.447 e. The summed E-state index contributed by atoms with van der Waals surface area (Å²) in [5, 5.41) is 13.8. The Morgan fingerprint density at radius 3 is 3.00 bits per heavy atom. The SMILES string of the molecule is Cc1ccc([N+](=O)[O-])c(NCc2cnco2)c1. The van der Waals surface area contributed by atoms with Crippen LogP contribution in [0.1, 0.15) is 11.3 Å². The van der Waals surface area contributed by atoms with Crippen LogP contribution in [0, 0.1) is 17.0 Å². The second-order valence-electron chi connectivity index (χ2n) is 3.60. The number of benzene rings is 1. The second kappa shape index (κ2) is 4.65. The van der Waals surface area contributed by atoms with Crippen molar-refractivity contribution >= 4 is 11.4 Å². The molecule has 88 valence electrons. The van der Waals surface area contributed by atoms with Crippen LogP contribution in [0.15, 0.2) is 35.2 Å². The largest absolute Gasteiger partial charge is 0.447 e. The Morgan fingerprint density at radius 1 is 1.53 bits per heavy atom. The van der Waals surface area contributed by atoms with E-state index >= 15 is 0 Å². The Hall–Kier alpha value is -2.37. The Bertz CT molecular complexity index is 523. The van der Waals surface area contributed by atoms with Crippen LogP contribution in [-0.2, 0) is 6.54 Å². The fraction of sp³-hybridized carbons (Fsp3) is 0.182. The van der Waals surface area contributed by atoms with Gasteiger partial charge in [0, 0.05) is 6.07 Å². The van der Waals surface area contributed by atoms with Crippen LogP contribution in [0.3, 0.4) is 0 Å². The van der Waals surface area contributed by atoms with Crippen molar-refractivity contribution in [2.75, 3.05) is 5.32 Å². The lowest BCUT2D eigenvalue weighted by atomic mass is 10.2. The van der Waals surface area contributed by atoms with Crippen LogP contribution in [0.2, 0.25) is 0 Å². The molecule has 0 aliphatic carbocycles. The zero-order chi connectivity index (χ0) is 12.3. The maximum atomic E-state index is 10.8. The van der Waals surface area contributed by atoms with E-state index in [4.69, 9.17) is 4.42 Å². The van der Waals surface area contributed by atoms with Crippen LogP contribution in [-0.4, -0.2) is 9.91 Å². The first-order valence-electron chi connectivity index (χ1n) is 5.03. The normalized spacial score (nSPS) is 10.2. The Kier molecular flexibility index (Phi) is 3.04. The number of hydrogen-bond donors (Lipinski definition) is 1. The van der Waals surface area contributed by atoms with Crippen molar-refractivity contribution in [2.45, 2.75) is 13.5 Å². The summed E-state index contributed by atoms with van der Waals surface area (Å²) < 4.78 is 5.04. The molecule has 0 aliphatic heterocycles. The number of aryl methyl sites for hydroxylation is 1. The smallest absolute Gasteiger partial charge is 0.292 e. The molecule has 0 spiro atoms. The molecule has 0 fully saturated rings. The third-order valence-electron chi connectivity index (χ3n) is 2.29. The van der Waals surface area contributed by atoms with E-state index < -0.39 is 4.92 Å². The number of nitrogens with one attached hydrogen (secondary N) is 1. The van der Waals surface area contributed by atoms with E-state index in [1.165, 1.54) is 12.5 Å². The van der Waals surface area contributed by atoms with Gasteiger partial charge in [-0.05, 0) is 18.6 Å². The number of oxazole rings is 1. The van der Waals surface area contributed by atoms with Crippen molar-refractivity contribution in [3.8, 4) is 0 Å². The van der Waals surface area contributed by atoms with E-state index in [1.807, 2.05) is 6.92 Å². The summed E-state index contributed by atoms with van der Waals surface area (Å²) in [6.07, 6.45) is 2.89. The lowest BCUT2D eigenvalue weighted by Crippen LogP contribution is -2.02. The Balaban J connectivity index is 2.19. The second-order valence-corrected chi connectivity index (χ2v) is 3.60. The molecule has 0 saturated heterocycles.